The van der Waals surface area contributed by atoms with E-state index in [1.807, 2.05) is 30.3 Å². The molecule has 3 aromatic rings. The molecule has 0 saturated heterocycles. The van der Waals surface area contributed by atoms with Crippen LogP contribution in [-0.4, -0.2) is 42.6 Å². The molecule has 2 aromatic carbocycles. The second kappa shape index (κ2) is 8.63. The summed E-state index contributed by atoms with van der Waals surface area (Å²) in [5.41, 5.74) is 1.14. The average molecular weight is 402 g/mol. The predicted octanol–water partition coefficient (Wildman–Crippen LogP) is 1.21. The molecule has 0 aliphatic rings. The molecule has 1 heterocycles. The lowest BCUT2D eigenvalue weighted by Gasteiger charge is -2.07. The molecule has 0 aliphatic heterocycles. The third-order valence-corrected chi connectivity index (χ3v) is 4.60. The Labute approximate surface area is 161 Å². The molecular weight excluding hydrogens is 384 g/mol. The van der Waals surface area contributed by atoms with Gasteiger partial charge >= 0.3 is 5.97 Å². The van der Waals surface area contributed by atoms with Crippen LogP contribution in [0, 0.1) is 0 Å². The van der Waals surface area contributed by atoms with E-state index in [0.717, 1.165) is 5.56 Å². The molecule has 2 N–H and O–H groups in total. The first-order valence-electron chi connectivity index (χ1n) is 8.29. The summed E-state index contributed by atoms with van der Waals surface area (Å²) in [7, 11) is -3.74. The van der Waals surface area contributed by atoms with Crippen LogP contribution in [0.2, 0.25) is 0 Å². The number of hydrogen-bond acceptors (Lipinski definition) is 7. The minimum atomic E-state index is -3.74. The number of sulfonamides is 1. The molecule has 10 heteroatoms. The van der Waals surface area contributed by atoms with Crippen molar-refractivity contribution in [3.8, 4) is 5.75 Å². The number of carbonyl (C=O) groups excluding carboxylic acids is 1. The van der Waals surface area contributed by atoms with E-state index in [4.69, 9.17) is 14.6 Å². The maximum absolute atomic E-state index is 12.0. The Balaban J connectivity index is 1.44. The fourth-order valence-electron chi connectivity index (χ4n) is 2.33. The highest BCUT2D eigenvalue weighted by molar-refractivity contribution is 7.89. The van der Waals surface area contributed by atoms with Gasteiger partial charge in [-0.2, -0.15) is 0 Å². The molecule has 0 radical (unpaired) electrons. The number of aromatic nitrogens is 3. The minimum Gasteiger partial charge on any atom is -0.490 e. The first-order chi connectivity index (χ1) is 13.4. The van der Waals surface area contributed by atoms with Crippen molar-refractivity contribution in [1.82, 2.24) is 15.0 Å². The zero-order valence-corrected chi connectivity index (χ0v) is 15.6. The zero-order chi connectivity index (χ0) is 20.0. The molecule has 0 bridgehead atoms. The molecular formula is C18H18N4O5S. The van der Waals surface area contributed by atoms with Crippen molar-refractivity contribution in [2.75, 3.05) is 13.2 Å². The van der Waals surface area contributed by atoms with Crippen molar-refractivity contribution in [3.05, 3.63) is 72.1 Å². The fourth-order valence-corrected chi connectivity index (χ4v) is 2.85. The maximum Gasteiger partial charge on any atom is 0.360 e. The zero-order valence-electron chi connectivity index (χ0n) is 14.8. The molecule has 1 aromatic heterocycles. The van der Waals surface area contributed by atoms with Crippen molar-refractivity contribution in [3.63, 3.8) is 0 Å². The maximum atomic E-state index is 12.0. The minimum absolute atomic E-state index is 0.00131. The van der Waals surface area contributed by atoms with Crippen LogP contribution in [0.25, 0.3) is 0 Å². The highest BCUT2D eigenvalue weighted by atomic mass is 32.2. The van der Waals surface area contributed by atoms with Gasteiger partial charge in [0, 0.05) is 0 Å². The largest absolute Gasteiger partial charge is 0.490 e. The van der Waals surface area contributed by atoms with E-state index in [-0.39, 0.29) is 23.8 Å². The van der Waals surface area contributed by atoms with E-state index in [1.54, 1.807) is 4.68 Å². The van der Waals surface area contributed by atoms with Crippen molar-refractivity contribution < 1.29 is 22.7 Å². The smallest absolute Gasteiger partial charge is 0.360 e. The molecule has 0 spiro atoms. The first-order valence-corrected chi connectivity index (χ1v) is 9.83. The lowest BCUT2D eigenvalue weighted by Crippen LogP contribution is -2.13. The summed E-state index contributed by atoms with van der Waals surface area (Å²) >= 11 is 0. The van der Waals surface area contributed by atoms with Gasteiger partial charge in [-0.3, -0.25) is 0 Å². The molecule has 9 nitrogen and oxygen atoms in total. The Kier molecular flexibility index (Phi) is 6.02. The molecule has 0 amide bonds. The third-order valence-electron chi connectivity index (χ3n) is 3.67. The highest BCUT2D eigenvalue weighted by Gasteiger charge is 2.13. The van der Waals surface area contributed by atoms with Gasteiger partial charge in [0.2, 0.25) is 10.0 Å². The van der Waals surface area contributed by atoms with Gasteiger partial charge in [-0.15, -0.1) is 5.10 Å². The van der Waals surface area contributed by atoms with Gasteiger partial charge in [-0.05, 0) is 29.8 Å². The van der Waals surface area contributed by atoms with E-state index in [1.165, 1.54) is 30.5 Å². The van der Waals surface area contributed by atoms with Crippen LogP contribution in [0.1, 0.15) is 16.1 Å². The second-order valence-corrected chi connectivity index (χ2v) is 7.35. The van der Waals surface area contributed by atoms with Crippen LogP contribution >= 0.6 is 0 Å². The van der Waals surface area contributed by atoms with E-state index in [0.29, 0.717) is 12.3 Å². The number of esters is 1. The van der Waals surface area contributed by atoms with Crippen LogP contribution in [0.5, 0.6) is 5.75 Å². The SMILES string of the molecule is NS(=O)(=O)c1ccc(OCCOC(=O)c2cn(Cc3ccccc3)nn2)cc1. The molecule has 0 unspecified atom stereocenters. The summed E-state index contributed by atoms with van der Waals surface area (Å²) < 4.78 is 34.4. The molecule has 146 valence electrons. The number of ether oxygens (including phenoxy) is 2. The Morgan fingerprint density at radius 1 is 1.04 bits per heavy atom. The van der Waals surface area contributed by atoms with E-state index < -0.39 is 16.0 Å². The van der Waals surface area contributed by atoms with Gasteiger partial charge in [0.05, 0.1) is 17.6 Å². The van der Waals surface area contributed by atoms with Gasteiger partial charge in [0.1, 0.15) is 19.0 Å². The highest BCUT2D eigenvalue weighted by Crippen LogP contribution is 2.14. The van der Waals surface area contributed by atoms with E-state index in [9.17, 15) is 13.2 Å². The summed E-state index contributed by atoms with van der Waals surface area (Å²) in [5.74, 6) is -0.176. The number of carbonyl (C=O) groups is 1. The van der Waals surface area contributed by atoms with Crippen LogP contribution in [0.15, 0.2) is 65.7 Å². The van der Waals surface area contributed by atoms with Gasteiger partial charge in [0.25, 0.3) is 0 Å². The molecule has 0 atom stereocenters. The number of hydrogen-bond donors (Lipinski definition) is 1. The van der Waals surface area contributed by atoms with Gasteiger partial charge < -0.3 is 9.47 Å². The van der Waals surface area contributed by atoms with E-state index in [2.05, 4.69) is 10.3 Å². The van der Waals surface area contributed by atoms with Crippen molar-refractivity contribution in [2.45, 2.75) is 11.4 Å². The Hall–Kier alpha value is -3.24. The van der Waals surface area contributed by atoms with Crippen molar-refractivity contribution in [1.29, 1.82) is 0 Å². The quantitative estimate of drug-likeness (QED) is 0.443. The fraction of sp³-hybridized carbons (Fsp3) is 0.167. The number of rotatable bonds is 8. The van der Waals surface area contributed by atoms with Crippen LogP contribution < -0.4 is 9.88 Å². The number of primary sulfonamides is 1. The monoisotopic (exact) mass is 402 g/mol. The first kappa shape index (κ1) is 19.5. The standard InChI is InChI=1S/C18H18N4O5S/c19-28(24,25)16-8-6-15(7-9-16)26-10-11-27-18(23)17-13-22(21-20-17)12-14-4-2-1-3-5-14/h1-9,13H,10-12H2,(H2,19,24,25). The Morgan fingerprint density at radius 2 is 1.75 bits per heavy atom. The molecule has 3 rings (SSSR count). The normalized spacial score (nSPS) is 11.2. The van der Waals surface area contributed by atoms with E-state index >= 15 is 0 Å². The predicted molar refractivity (Wildman–Crippen MR) is 99.2 cm³/mol. The molecule has 0 saturated carbocycles. The van der Waals surface area contributed by atoms with Gasteiger partial charge in [-0.1, -0.05) is 35.5 Å². The Morgan fingerprint density at radius 3 is 2.43 bits per heavy atom. The summed E-state index contributed by atoms with van der Waals surface area (Å²) in [5, 5.41) is 12.7. The summed E-state index contributed by atoms with van der Waals surface area (Å²) in [6, 6.07) is 15.3. The average Bonchev–Trinajstić information content (AvgIpc) is 3.14. The lowest BCUT2D eigenvalue weighted by atomic mass is 10.2. The lowest BCUT2D eigenvalue weighted by molar-refractivity contribution is 0.0443. The van der Waals surface area contributed by atoms with Crippen molar-refractivity contribution >= 4 is 16.0 Å². The van der Waals surface area contributed by atoms with Crippen LogP contribution in [0.3, 0.4) is 0 Å². The summed E-state index contributed by atoms with van der Waals surface area (Å²) in [4.78, 5) is 12.0. The summed E-state index contributed by atoms with van der Waals surface area (Å²) in [6.45, 7) is 0.596. The van der Waals surface area contributed by atoms with Crippen molar-refractivity contribution in [2.24, 2.45) is 5.14 Å². The molecule has 28 heavy (non-hydrogen) atoms. The van der Waals surface area contributed by atoms with Crippen LogP contribution in [0.4, 0.5) is 0 Å². The van der Waals surface area contributed by atoms with Gasteiger partial charge in [0.15, 0.2) is 5.69 Å². The molecule has 0 fully saturated rings. The topological polar surface area (TPSA) is 126 Å². The number of benzene rings is 2. The van der Waals surface area contributed by atoms with Gasteiger partial charge in [-0.25, -0.2) is 23.0 Å². The van der Waals surface area contributed by atoms with Crippen LogP contribution in [-0.2, 0) is 21.3 Å². The molecule has 0 aliphatic carbocycles. The number of nitrogens with zero attached hydrogens (tertiary/aromatic N) is 3. The second-order valence-electron chi connectivity index (χ2n) is 5.79. The third kappa shape index (κ3) is 5.38. The number of nitrogens with two attached hydrogens (primary N) is 1. The Bertz CT molecular complexity index is 1030. The summed E-state index contributed by atoms with van der Waals surface area (Å²) in [6.07, 6.45) is 1.52.